The van der Waals surface area contributed by atoms with E-state index < -0.39 is 9.84 Å². The Labute approximate surface area is 110 Å². The van der Waals surface area contributed by atoms with Crippen LogP contribution in [0.1, 0.15) is 38.4 Å². The van der Waals surface area contributed by atoms with Crippen molar-refractivity contribution in [1.82, 2.24) is 9.55 Å². The van der Waals surface area contributed by atoms with E-state index in [1.807, 2.05) is 24.6 Å². The van der Waals surface area contributed by atoms with E-state index in [4.69, 9.17) is 0 Å². The van der Waals surface area contributed by atoms with Crippen LogP contribution in [-0.2, 0) is 9.84 Å². The van der Waals surface area contributed by atoms with Gasteiger partial charge < -0.3 is 9.88 Å². The van der Waals surface area contributed by atoms with Crippen molar-refractivity contribution >= 4 is 15.8 Å². The van der Waals surface area contributed by atoms with E-state index in [1.165, 1.54) is 6.26 Å². The van der Waals surface area contributed by atoms with Crippen molar-refractivity contribution in [3.63, 3.8) is 0 Å². The van der Waals surface area contributed by atoms with Gasteiger partial charge in [-0.05, 0) is 20.3 Å². The number of aromatic nitrogens is 2. The number of rotatable bonds is 7. The zero-order valence-corrected chi connectivity index (χ0v) is 12.4. The Bertz CT molecular complexity index is 480. The van der Waals surface area contributed by atoms with Gasteiger partial charge in [-0.2, -0.15) is 0 Å². The Morgan fingerprint density at radius 2 is 2.17 bits per heavy atom. The van der Waals surface area contributed by atoms with E-state index in [0.717, 1.165) is 31.0 Å². The molecule has 0 radical (unpaired) electrons. The van der Waals surface area contributed by atoms with E-state index in [0.29, 0.717) is 0 Å². The number of anilines is 1. The van der Waals surface area contributed by atoms with Gasteiger partial charge >= 0.3 is 0 Å². The first-order valence-corrected chi connectivity index (χ1v) is 8.36. The first-order chi connectivity index (χ1) is 8.33. The van der Waals surface area contributed by atoms with E-state index >= 15 is 0 Å². The Kier molecular flexibility index (Phi) is 5.19. The van der Waals surface area contributed by atoms with Crippen LogP contribution in [0.4, 0.5) is 5.95 Å². The van der Waals surface area contributed by atoms with Crippen molar-refractivity contribution in [3.8, 4) is 0 Å². The maximum Gasteiger partial charge on any atom is 0.203 e. The second-order valence-electron chi connectivity index (χ2n) is 4.83. The van der Waals surface area contributed by atoms with Gasteiger partial charge in [0.15, 0.2) is 0 Å². The molecular formula is C12H23N3O2S. The average molecular weight is 273 g/mol. The fourth-order valence-corrected chi connectivity index (χ4v) is 2.92. The third-order valence-electron chi connectivity index (χ3n) is 2.69. The van der Waals surface area contributed by atoms with Crippen LogP contribution in [0, 0.1) is 6.92 Å². The quantitative estimate of drug-likeness (QED) is 0.772. The average Bonchev–Trinajstić information content (AvgIpc) is 2.58. The molecule has 18 heavy (non-hydrogen) atoms. The summed E-state index contributed by atoms with van der Waals surface area (Å²) in [5.41, 5.74) is 0.898. The summed E-state index contributed by atoms with van der Waals surface area (Å²) in [6.45, 7) is 6.80. The SMILES string of the molecule is CCCCNc1nc(C)cn1C(C)CS(C)(=O)=O. The molecule has 1 unspecified atom stereocenters. The molecule has 1 rings (SSSR count). The molecule has 1 atom stereocenters. The van der Waals surface area contributed by atoms with Crippen molar-refractivity contribution in [2.24, 2.45) is 0 Å². The maximum atomic E-state index is 11.3. The van der Waals surface area contributed by atoms with Crippen molar-refractivity contribution in [2.45, 2.75) is 39.7 Å². The molecule has 1 heterocycles. The minimum atomic E-state index is -2.98. The normalized spacial score (nSPS) is 13.6. The van der Waals surface area contributed by atoms with E-state index in [-0.39, 0.29) is 11.8 Å². The minimum absolute atomic E-state index is 0.106. The molecule has 0 aromatic carbocycles. The highest BCUT2D eigenvalue weighted by Gasteiger charge is 2.16. The summed E-state index contributed by atoms with van der Waals surface area (Å²) in [6, 6.07) is -0.106. The van der Waals surface area contributed by atoms with Gasteiger partial charge in [-0.3, -0.25) is 0 Å². The van der Waals surface area contributed by atoms with Crippen LogP contribution in [0.2, 0.25) is 0 Å². The third-order valence-corrected chi connectivity index (χ3v) is 3.77. The topological polar surface area (TPSA) is 64.0 Å². The first-order valence-electron chi connectivity index (χ1n) is 6.30. The molecule has 104 valence electrons. The molecule has 0 bridgehead atoms. The number of sulfone groups is 1. The van der Waals surface area contributed by atoms with Gasteiger partial charge in [0.05, 0.1) is 11.4 Å². The van der Waals surface area contributed by atoms with E-state index in [1.54, 1.807) is 0 Å². The molecule has 0 amide bonds. The van der Waals surface area contributed by atoms with Gasteiger partial charge in [0.1, 0.15) is 9.84 Å². The van der Waals surface area contributed by atoms with Crippen molar-refractivity contribution in [3.05, 3.63) is 11.9 Å². The van der Waals surface area contributed by atoms with Crippen molar-refractivity contribution in [2.75, 3.05) is 23.9 Å². The lowest BCUT2D eigenvalue weighted by molar-refractivity contribution is 0.563. The van der Waals surface area contributed by atoms with Gasteiger partial charge in [0.25, 0.3) is 0 Å². The number of aryl methyl sites for hydroxylation is 1. The molecule has 0 aliphatic heterocycles. The lowest BCUT2D eigenvalue weighted by atomic mass is 10.3. The fourth-order valence-electron chi connectivity index (χ4n) is 1.88. The standard InChI is InChI=1S/C12H23N3O2S/c1-5-6-7-13-12-14-10(2)8-15(12)11(3)9-18(4,16)17/h8,11H,5-7,9H2,1-4H3,(H,13,14). The molecule has 1 N–H and O–H groups in total. The predicted molar refractivity (Wildman–Crippen MR) is 74.8 cm³/mol. The van der Waals surface area contributed by atoms with Gasteiger partial charge in [-0.1, -0.05) is 13.3 Å². The number of nitrogens with zero attached hydrogens (tertiary/aromatic N) is 2. The lowest BCUT2D eigenvalue weighted by Gasteiger charge is -2.16. The zero-order valence-electron chi connectivity index (χ0n) is 11.6. The monoisotopic (exact) mass is 273 g/mol. The summed E-state index contributed by atoms with van der Waals surface area (Å²) in [6.07, 6.45) is 5.35. The first kappa shape index (κ1) is 15.0. The van der Waals surface area contributed by atoms with Crippen LogP contribution in [0.15, 0.2) is 6.20 Å². The molecule has 1 aromatic heterocycles. The van der Waals surface area contributed by atoms with Gasteiger partial charge in [0, 0.05) is 25.0 Å². The number of nitrogens with one attached hydrogen (secondary N) is 1. The van der Waals surface area contributed by atoms with Crippen LogP contribution in [0.25, 0.3) is 0 Å². The van der Waals surface area contributed by atoms with E-state index in [9.17, 15) is 8.42 Å². The molecule has 0 fully saturated rings. The van der Waals surface area contributed by atoms with Crippen molar-refractivity contribution in [1.29, 1.82) is 0 Å². The number of unbranched alkanes of at least 4 members (excludes halogenated alkanes) is 1. The Morgan fingerprint density at radius 1 is 1.50 bits per heavy atom. The zero-order chi connectivity index (χ0) is 13.8. The smallest absolute Gasteiger partial charge is 0.203 e. The summed E-state index contributed by atoms with van der Waals surface area (Å²) in [4.78, 5) is 4.39. The predicted octanol–water partition coefficient (Wildman–Crippen LogP) is 2.01. The molecule has 0 saturated carbocycles. The minimum Gasteiger partial charge on any atom is -0.356 e. The van der Waals surface area contributed by atoms with Crippen LogP contribution < -0.4 is 5.32 Å². The number of hydrogen-bond acceptors (Lipinski definition) is 4. The Hall–Kier alpha value is -1.04. The largest absolute Gasteiger partial charge is 0.356 e. The van der Waals surface area contributed by atoms with Crippen LogP contribution in [0.3, 0.4) is 0 Å². The molecule has 0 aliphatic carbocycles. The van der Waals surface area contributed by atoms with Gasteiger partial charge in [-0.15, -0.1) is 0 Å². The summed E-state index contributed by atoms with van der Waals surface area (Å²) in [5.74, 6) is 0.891. The molecule has 0 spiro atoms. The summed E-state index contributed by atoms with van der Waals surface area (Å²) < 4.78 is 24.6. The number of imidazole rings is 1. The highest BCUT2D eigenvalue weighted by atomic mass is 32.2. The summed E-state index contributed by atoms with van der Waals surface area (Å²) in [5, 5.41) is 3.26. The van der Waals surface area contributed by atoms with E-state index in [2.05, 4.69) is 17.2 Å². The molecule has 6 heteroatoms. The third kappa shape index (κ3) is 4.68. The number of hydrogen-bond donors (Lipinski definition) is 1. The van der Waals surface area contributed by atoms with Crippen LogP contribution >= 0.6 is 0 Å². The summed E-state index contributed by atoms with van der Waals surface area (Å²) in [7, 11) is -2.98. The molecule has 1 aromatic rings. The maximum absolute atomic E-state index is 11.3. The highest BCUT2D eigenvalue weighted by molar-refractivity contribution is 7.90. The van der Waals surface area contributed by atoms with Crippen LogP contribution in [0.5, 0.6) is 0 Å². The fraction of sp³-hybridized carbons (Fsp3) is 0.750. The highest BCUT2D eigenvalue weighted by Crippen LogP contribution is 2.17. The van der Waals surface area contributed by atoms with Crippen molar-refractivity contribution < 1.29 is 8.42 Å². The molecular weight excluding hydrogens is 250 g/mol. The lowest BCUT2D eigenvalue weighted by Crippen LogP contribution is -2.18. The second-order valence-corrected chi connectivity index (χ2v) is 7.02. The molecule has 5 nitrogen and oxygen atoms in total. The van der Waals surface area contributed by atoms with Crippen LogP contribution in [-0.4, -0.2) is 36.5 Å². The van der Waals surface area contributed by atoms with Gasteiger partial charge in [0.2, 0.25) is 5.95 Å². The second kappa shape index (κ2) is 6.22. The molecule has 0 saturated heterocycles. The Morgan fingerprint density at radius 3 is 2.72 bits per heavy atom. The Balaban J connectivity index is 2.80. The van der Waals surface area contributed by atoms with Gasteiger partial charge in [-0.25, -0.2) is 13.4 Å². The molecule has 0 aliphatic rings. The summed E-state index contributed by atoms with van der Waals surface area (Å²) >= 11 is 0.